The number of fused-ring (bicyclic) bond motifs is 1. The highest BCUT2D eigenvalue weighted by molar-refractivity contribution is 7.90. The molecule has 0 saturated carbocycles. The summed E-state index contributed by atoms with van der Waals surface area (Å²) in [6.45, 7) is -0.415. The van der Waals surface area contributed by atoms with Gasteiger partial charge in [-0.3, -0.25) is 14.5 Å². The van der Waals surface area contributed by atoms with Gasteiger partial charge in [-0.2, -0.15) is 0 Å². The SMILES string of the molecule is CC(N=C1NS(=O)(=O)c2ccccc21)C(=O)NCC(F)(F)CN. The van der Waals surface area contributed by atoms with Crippen LogP contribution in [-0.4, -0.2) is 45.2 Å². The molecule has 0 saturated heterocycles. The summed E-state index contributed by atoms with van der Waals surface area (Å²) in [5.41, 5.74) is 5.21. The number of nitrogens with two attached hydrogens (primary N) is 1. The Bertz CT molecular complexity index is 749. The summed E-state index contributed by atoms with van der Waals surface area (Å²) in [6.07, 6.45) is 0. The van der Waals surface area contributed by atoms with E-state index in [1.807, 2.05) is 5.32 Å². The molecule has 0 aromatic heterocycles. The van der Waals surface area contributed by atoms with Crippen LogP contribution in [0.15, 0.2) is 34.2 Å². The van der Waals surface area contributed by atoms with Crippen molar-refractivity contribution in [2.45, 2.75) is 23.8 Å². The van der Waals surface area contributed by atoms with Crippen molar-refractivity contribution in [1.29, 1.82) is 0 Å². The number of nitrogens with zero attached hydrogens (tertiary/aromatic N) is 1. The number of sulfonamides is 1. The van der Waals surface area contributed by atoms with Crippen LogP contribution in [0.5, 0.6) is 0 Å². The third kappa shape index (κ3) is 3.82. The first-order chi connectivity index (χ1) is 10.7. The summed E-state index contributed by atoms with van der Waals surface area (Å²) in [5, 5.41) is 2.04. The zero-order valence-corrected chi connectivity index (χ0v) is 13.0. The second-order valence-electron chi connectivity index (χ2n) is 5.03. The number of hydrogen-bond donors (Lipinski definition) is 3. The summed E-state index contributed by atoms with van der Waals surface area (Å²) in [7, 11) is -3.71. The van der Waals surface area contributed by atoms with E-state index in [1.54, 1.807) is 18.2 Å². The van der Waals surface area contributed by atoms with Crippen molar-refractivity contribution in [2.75, 3.05) is 13.1 Å². The molecule has 1 heterocycles. The van der Waals surface area contributed by atoms with E-state index in [-0.39, 0.29) is 10.7 Å². The van der Waals surface area contributed by atoms with Gasteiger partial charge in [0.25, 0.3) is 15.9 Å². The number of rotatable bonds is 5. The van der Waals surface area contributed by atoms with E-state index < -0.39 is 41.0 Å². The Labute approximate surface area is 132 Å². The Morgan fingerprint density at radius 2 is 2.09 bits per heavy atom. The lowest BCUT2D eigenvalue weighted by Gasteiger charge is -2.16. The van der Waals surface area contributed by atoms with Gasteiger partial charge in [-0.05, 0) is 19.1 Å². The van der Waals surface area contributed by atoms with Gasteiger partial charge in [-0.15, -0.1) is 0 Å². The second kappa shape index (κ2) is 6.20. The molecule has 0 radical (unpaired) electrons. The number of hydrogen-bond acceptors (Lipinski definition) is 5. The van der Waals surface area contributed by atoms with Crippen molar-refractivity contribution in [3.8, 4) is 0 Å². The molecular weight excluding hydrogens is 330 g/mol. The van der Waals surface area contributed by atoms with E-state index in [1.165, 1.54) is 13.0 Å². The van der Waals surface area contributed by atoms with Crippen molar-refractivity contribution in [3.05, 3.63) is 29.8 Å². The Balaban J connectivity index is 2.15. The lowest BCUT2D eigenvalue weighted by atomic mass is 10.2. The molecule has 0 fully saturated rings. The average Bonchev–Trinajstić information content (AvgIpc) is 2.76. The van der Waals surface area contributed by atoms with Crippen LogP contribution in [0.4, 0.5) is 8.78 Å². The molecule has 10 heteroatoms. The number of aliphatic imine (C=N–C) groups is 1. The number of carbonyl (C=O) groups is 1. The smallest absolute Gasteiger partial charge is 0.277 e. The van der Waals surface area contributed by atoms with Gasteiger partial charge in [0.1, 0.15) is 11.9 Å². The van der Waals surface area contributed by atoms with Crippen molar-refractivity contribution in [1.82, 2.24) is 10.0 Å². The lowest BCUT2D eigenvalue weighted by molar-refractivity contribution is -0.123. The minimum atomic E-state index is -3.71. The van der Waals surface area contributed by atoms with Crippen LogP contribution in [0.2, 0.25) is 0 Å². The van der Waals surface area contributed by atoms with Crippen molar-refractivity contribution < 1.29 is 22.0 Å². The van der Waals surface area contributed by atoms with Gasteiger partial charge in [0.2, 0.25) is 5.91 Å². The molecule has 126 valence electrons. The first-order valence-corrected chi connectivity index (χ1v) is 8.20. The monoisotopic (exact) mass is 346 g/mol. The molecule has 1 aliphatic rings. The van der Waals surface area contributed by atoms with Gasteiger partial charge < -0.3 is 11.1 Å². The molecule has 1 aromatic carbocycles. The standard InChI is InChI=1S/C13H16F2N4O3S/c1-8(12(20)17-7-13(14,15)6-16)18-11-9-4-2-3-5-10(9)23(21,22)19-11/h2-5,8H,6-7,16H2,1H3,(H,17,20)(H,18,19). The predicted molar refractivity (Wildman–Crippen MR) is 79.8 cm³/mol. The van der Waals surface area contributed by atoms with Crippen LogP contribution in [0, 0.1) is 0 Å². The topological polar surface area (TPSA) is 114 Å². The molecule has 0 aliphatic carbocycles. The van der Waals surface area contributed by atoms with E-state index in [0.717, 1.165) is 0 Å². The van der Waals surface area contributed by atoms with Gasteiger partial charge in [0.05, 0.1) is 18.0 Å². The molecule has 1 unspecified atom stereocenters. The molecule has 4 N–H and O–H groups in total. The van der Waals surface area contributed by atoms with Gasteiger partial charge >= 0.3 is 0 Å². The second-order valence-corrected chi connectivity index (χ2v) is 6.68. The molecule has 7 nitrogen and oxygen atoms in total. The summed E-state index contributed by atoms with van der Waals surface area (Å²) >= 11 is 0. The summed E-state index contributed by atoms with van der Waals surface area (Å²) in [5.74, 6) is -3.95. The molecule has 23 heavy (non-hydrogen) atoms. The van der Waals surface area contributed by atoms with Gasteiger partial charge in [-0.1, -0.05) is 12.1 Å². The minimum absolute atomic E-state index is 0.00818. The zero-order chi connectivity index (χ0) is 17.3. The third-order valence-electron chi connectivity index (χ3n) is 3.18. The fourth-order valence-electron chi connectivity index (χ4n) is 1.92. The first kappa shape index (κ1) is 17.3. The Kier molecular flexibility index (Phi) is 4.66. The number of carbonyl (C=O) groups excluding carboxylic acids is 1. The maximum absolute atomic E-state index is 13.0. The van der Waals surface area contributed by atoms with Crippen LogP contribution in [0.3, 0.4) is 0 Å². The van der Waals surface area contributed by atoms with E-state index in [2.05, 4.69) is 9.71 Å². The molecule has 0 bridgehead atoms. The predicted octanol–water partition coefficient (Wildman–Crippen LogP) is -0.176. The number of amidine groups is 1. The molecule has 2 rings (SSSR count). The summed E-state index contributed by atoms with van der Waals surface area (Å²) in [6, 6.07) is 5.09. The molecule has 0 spiro atoms. The Hall–Kier alpha value is -2.07. The summed E-state index contributed by atoms with van der Waals surface area (Å²) < 4.78 is 52.1. The van der Waals surface area contributed by atoms with Crippen LogP contribution in [-0.2, 0) is 14.8 Å². The maximum atomic E-state index is 13.0. The Morgan fingerprint density at radius 3 is 2.74 bits per heavy atom. The molecule has 1 amide bonds. The quantitative estimate of drug-likeness (QED) is 0.686. The number of nitrogens with one attached hydrogen (secondary N) is 2. The van der Waals surface area contributed by atoms with Gasteiger partial charge in [-0.25, -0.2) is 17.2 Å². The number of halogens is 2. The molecule has 1 atom stereocenters. The van der Waals surface area contributed by atoms with Crippen molar-refractivity contribution in [3.63, 3.8) is 0 Å². The van der Waals surface area contributed by atoms with E-state index in [0.29, 0.717) is 5.56 Å². The van der Waals surface area contributed by atoms with Crippen molar-refractivity contribution in [2.24, 2.45) is 10.7 Å². The maximum Gasteiger partial charge on any atom is 0.277 e. The molecule has 1 aliphatic heterocycles. The molecular formula is C13H16F2N4O3S. The Morgan fingerprint density at radius 1 is 1.43 bits per heavy atom. The van der Waals surface area contributed by atoms with E-state index in [4.69, 9.17) is 5.73 Å². The molecule has 1 aromatic rings. The lowest BCUT2D eigenvalue weighted by Crippen LogP contribution is -2.44. The third-order valence-corrected chi connectivity index (χ3v) is 4.58. The fraction of sp³-hybridized carbons (Fsp3) is 0.385. The average molecular weight is 346 g/mol. The van der Waals surface area contributed by atoms with Crippen LogP contribution >= 0.6 is 0 Å². The van der Waals surface area contributed by atoms with Crippen molar-refractivity contribution >= 4 is 21.8 Å². The van der Waals surface area contributed by atoms with Crippen LogP contribution in [0.25, 0.3) is 0 Å². The van der Waals surface area contributed by atoms with E-state index in [9.17, 15) is 22.0 Å². The number of alkyl halides is 2. The van der Waals surface area contributed by atoms with Crippen LogP contribution in [0.1, 0.15) is 12.5 Å². The van der Waals surface area contributed by atoms with Gasteiger partial charge in [0, 0.05) is 5.56 Å². The summed E-state index contributed by atoms with van der Waals surface area (Å²) in [4.78, 5) is 15.8. The number of benzene rings is 1. The van der Waals surface area contributed by atoms with Crippen LogP contribution < -0.4 is 15.8 Å². The van der Waals surface area contributed by atoms with E-state index >= 15 is 0 Å². The largest absolute Gasteiger partial charge is 0.348 e. The highest BCUT2D eigenvalue weighted by atomic mass is 32.2. The first-order valence-electron chi connectivity index (χ1n) is 6.72. The minimum Gasteiger partial charge on any atom is -0.348 e. The fourth-order valence-corrected chi connectivity index (χ4v) is 3.16. The normalized spacial score (nSPS) is 19.0. The number of amides is 1. The highest BCUT2D eigenvalue weighted by Gasteiger charge is 2.32. The zero-order valence-electron chi connectivity index (χ0n) is 12.2. The highest BCUT2D eigenvalue weighted by Crippen LogP contribution is 2.22. The van der Waals surface area contributed by atoms with Gasteiger partial charge in [0.15, 0.2) is 0 Å².